The number of hydrogen-bond donors (Lipinski definition) is 4. The van der Waals surface area contributed by atoms with Gasteiger partial charge in [-0.3, -0.25) is 4.79 Å². The minimum Gasteiger partial charge on any atom is -0.507 e. The second kappa shape index (κ2) is 5.07. The van der Waals surface area contributed by atoms with Gasteiger partial charge in [0.25, 0.3) is 0 Å². The molecule has 0 radical (unpaired) electrons. The fourth-order valence-corrected chi connectivity index (χ4v) is 1.80. The highest BCUT2D eigenvalue weighted by Gasteiger charge is 2.07. The predicted molar refractivity (Wildman–Crippen MR) is 76.7 cm³/mol. The molecule has 98 valence electrons. The molecule has 0 aliphatic heterocycles. The van der Waals surface area contributed by atoms with E-state index < -0.39 is 0 Å². The standard InChI is InChI=1S/C13H12ClN3O2/c14-7-1-2-8(12(19)5-7)10(15)6-9-11(18)3-4-17-13(9)16/h1-6,19H,15H2,(H3,16,17,18)/b10-6-. The van der Waals surface area contributed by atoms with E-state index in [9.17, 15) is 9.90 Å². The van der Waals surface area contributed by atoms with Crippen LogP contribution in [-0.4, -0.2) is 10.1 Å². The Balaban J connectivity index is 2.52. The molecule has 0 atom stereocenters. The molecule has 0 saturated heterocycles. The first kappa shape index (κ1) is 13.0. The molecule has 0 aliphatic rings. The maximum absolute atomic E-state index is 11.7. The molecule has 0 saturated carbocycles. The van der Waals surface area contributed by atoms with Gasteiger partial charge in [0.1, 0.15) is 11.6 Å². The Labute approximate surface area is 114 Å². The summed E-state index contributed by atoms with van der Waals surface area (Å²) < 4.78 is 0. The zero-order valence-corrected chi connectivity index (χ0v) is 10.6. The largest absolute Gasteiger partial charge is 0.507 e. The molecule has 1 aromatic carbocycles. The van der Waals surface area contributed by atoms with Gasteiger partial charge in [0, 0.05) is 28.5 Å². The second-order valence-corrected chi connectivity index (χ2v) is 4.37. The van der Waals surface area contributed by atoms with Crippen molar-refractivity contribution in [1.29, 1.82) is 0 Å². The second-order valence-electron chi connectivity index (χ2n) is 3.93. The number of benzene rings is 1. The van der Waals surface area contributed by atoms with Gasteiger partial charge in [0.05, 0.1) is 5.56 Å². The molecule has 19 heavy (non-hydrogen) atoms. The van der Waals surface area contributed by atoms with Crippen molar-refractivity contribution >= 4 is 29.2 Å². The van der Waals surface area contributed by atoms with E-state index in [1.807, 2.05) is 0 Å². The number of pyridine rings is 1. The molecule has 1 heterocycles. The van der Waals surface area contributed by atoms with E-state index in [0.29, 0.717) is 10.6 Å². The Morgan fingerprint density at radius 2 is 2.11 bits per heavy atom. The number of anilines is 1. The molecule has 6 N–H and O–H groups in total. The minimum absolute atomic E-state index is 0.0628. The summed E-state index contributed by atoms with van der Waals surface area (Å²) in [4.78, 5) is 14.4. The van der Waals surface area contributed by atoms with Crippen molar-refractivity contribution in [3.05, 3.63) is 56.8 Å². The molecule has 0 bridgehead atoms. The van der Waals surface area contributed by atoms with E-state index in [0.717, 1.165) is 0 Å². The van der Waals surface area contributed by atoms with Crippen LogP contribution in [0.1, 0.15) is 11.1 Å². The van der Waals surface area contributed by atoms with Crippen LogP contribution < -0.4 is 16.9 Å². The van der Waals surface area contributed by atoms with Crippen LogP contribution in [0.4, 0.5) is 5.82 Å². The number of H-pyrrole nitrogens is 1. The number of hydrogen-bond acceptors (Lipinski definition) is 4. The van der Waals surface area contributed by atoms with E-state index in [1.54, 1.807) is 12.1 Å². The lowest BCUT2D eigenvalue weighted by Gasteiger charge is -2.06. The van der Waals surface area contributed by atoms with Crippen molar-refractivity contribution in [2.75, 3.05) is 5.73 Å². The Morgan fingerprint density at radius 3 is 2.74 bits per heavy atom. The molecule has 0 unspecified atom stereocenters. The van der Waals surface area contributed by atoms with E-state index in [2.05, 4.69) is 4.98 Å². The van der Waals surface area contributed by atoms with Gasteiger partial charge >= 0.3 is 0 Å². The minimum atomic E-state index is -0.257. The third-order valence-electron chi connectivity index (χ3n) is 2.60. The first-order valence-corrected chi connectivity index (χ1v) is 5.80. The normalized spacial score (nSPS) is 11.5. The molecule has 0 amide bonds. The van der Waals surface area contributed by atoms with Gasteiger partial charge in [-0.2, -0.15) is 0 Å². The van der Waals surface area contributed by atoms with Crippen molar-refractivity contribution in [2.45, 2.75) is 0 Å². The van der Waals surface area contributed by atoms with Crippen LogP contribution in [0, 0.1) is 0 Å². The maximum atomic E-state index is 11.7. The summed E-state index contributed by atoms with van der Waals surface area (Å²) in [5.41, 5.74) is 12.1. The number of halogens is 1. The molecule has 2 aromatic rings. The summed E-state index contributed by atoms with van der Waals surface area (Å²) in [6, 6.07) is 5.88. The number of aromatic nitrogens is 1. The third-order valence-corrected chi connectivity index (χ3v) is 2.83. The van der Waals surface area contributed by atoms with Crippen LogP contribution in [0.15, 0.2) is 35.3 Å². The van der Waals surface area contributed by atoms with E-state index in [-0.39, 0.29) is 28.3 Å². The summed E-state index contributed by atoms with van der Waals surface area (Å²) in [5.74, 6) is 0.149. The molecule has 0 fully saturated rings. The Bertz CT molecular complexity index is 707. The van der Waals surface area contributed by atoms with Gasteiger partial charge in [-0.25, -0.2) is 0 Å². The SMILES string of the molecule is N/C(=C\c1c(N)[nH]ccc1=O)c1ccc(Cl)cc1O. The number of nitrogens with one attached hydrogen (secondary N) is 1. The van der Waals surface area contributed by atoms with Crippen molar-refractivity contribution in [3.63, 3.8) is 0 Å². The number of phenolic OH excluding ortho intramolecular Hbond substituents is 1. The van der Waals surface area contributed by atoms with Crippen LogP contribution in [0.2, 0.25) is 5.02 Å². The first-order valence-electron chi connectivity index (χ1n) is 5.42. The Hall–Kier alpha value is -2.40. The first-order chi connectivity index (χ1) is 8.99. The number of nitrogen functional groups attached to an aromatic ring is 1. The molecular weight excluding hydrogens is 266 g/mol. The van der Waals surface area contributed by atoms with Gasteiger partial charge in [0.15, 0.2) is 5.43 Å². The highest BCUT2D eigenvalue weighted by Crippen LogP contribution is 2.26. The fourth-order valence-electron chi connectivity index (χ4n) is 1.64. The molecule has 5 nitrogen and oxygen atoms in total. The summed E-state index contributed by atoms with van der Waals surface area (Å²) >= 11 is 5.74. The maximum Gasteiger partial charge on any atom is 0.190 e. The lowest BCUT2D eigenvalue weighted by atomic mass is 10.1. The highest BCUT2D eigenvalue weighted by atomic mass is 35.5. The monoisotopic (exact) mass is 277 g/mol. The van der Waals surface area contributed by atoms with Crippen LogP contribution in [0.5, 0.6) is 5.75 Å². The predicted octanol–water partition coefficient (Wildman–Crippen LogP) is 1.77. The smallest absolute Gasteiger partial charge is 0.190 e. The van der Waals surface area contributed by atoms with Gasteiger partial charge in [0.2, 0.25) is 0 Å². The van der Waals surface area contributed by atoms with Crippen molar-refractivity contribution in [1.82, 2.24) is 4.98 Å². The van der Waals surface area contributed by atoms with Crippen molar-refractivity contribution in [3.8, 4) is 5.75 Å². The average Bonchev–Trinajstić information content (AvgIpc) is 2.33. The van der Waals surface area contributed by atoms with E-state index in [4.69, 9.17) is 23.1 Å². The van der Waals surface area contributed by atoms with E-state index >= 15 is 0 Å². The van der Waals surface area contributed by atoms with Crippen LogP contribution >= 0.6 is 11.6 Å². The van der Waals surface area contributed by atoms with Crippen LogP contribution in [0.25, 0.3) is 11.8 Å². The number of rotatable bonds is 2. The number of nitrogens with two attached hydrogens (primary N) is 2. The van der Waals surface area contributed by atoms with Crippen LogP contribution in [0.3, 0.4) is 0 Å². The summed E-state index contributed by atoms with van der Waals surface area (Å²) in [6.45, 7) is 0. The molecule has 0 aliphatic carbocycles. The van der Waals surface area contributed by atoms with Gasteiger partial charge in [-0.05, 0) is 24.3 Å². The van der Waals surface area contributed by atoms with Crippen LogP contribution in [-0.2, 0) is 0 Å². The Morgan fingerprint density at radius 1 is 1.37 bits per heavy atom. The lowest BCUT2D eigenvalue weighted by molar-refractivity contribution is 0.473. The molecule has 6 heteroatoms. The summed E-state index contributed by atoms with van der Waals surface area (Å²) in [5, 5.41) is 10.2. The third kappa shape index (κ3) is 2.71. The summed E-state index contributed by atoms with van der Waals surface area (Å²) in [6.07, 6.45) is 2.86. The van der Waals surface area contributed by atoms with Gasteiger partial charge in [-0.1, -0.05) is 11.6 Å². The topological polar surface area (TPSA) is 105 Å². The molecule has 0 spiro atoms. The molecular formula is C13H12ClN3O2. The lowest BCUT2D eigenvalue weighted by Crippen LogP contribution is -2.10. The number of phenols is 1. The van der Waals surface area contributed by atoms with E-state index in [1.165, 1.54) is 24.4 Å². The zero-order chi connectivity index (χ0) is 14.0. The van der Waals surface area contributed by atoms with Gasteiger partial charge in [-0.15, -0.1) is 0 Å². The average molecular weight is 278 g/mol. The number of aromatic hydroxyl groups is 1. The highest BCUT2D eigenvalue weighted by molar-refractivity contribution is 6.30. The van der Waals surface area contributed by atoms with Gasteiger partial charge < -0.3 is 21.6 Å². The zero-order valence-electron chi connectivity index (χ0n) is 9.85. The quantitative estimate of drug-likeness (QED) is 0.671. The molecule has 2 rings (SSSR count). The number of aromatic amines is 1. The molecule has 1 aromatic heterocycles. The van der Waals surface area contributed by atoms with Crippen molar-refractivity contribution in [2.24, 2.45) is 5.73 Å². The van der Waals surface area contributed by atoms with Crippen molar-refractivity contribution < 1.29 is 5.11 Å². The fraction of sp³-hybridized carbons (Fsp3) is 0. The summed E-state index contributed by atoms with van der Waals surface area (Å²) in [7, 11) is 0. The Kier molecular flexibility index (Phi) is 3.48.